The van der Waals surface area contributed by atoms with Crippen molar-refractivity contribution in [3.8, 4) is 0 Å². The highest BCUT2D eigenvalue weighted by molar-refractivity contribution is 6.30. The molecule has 0 bridgehead atoms. The lowest BCUT2D eigenvalue weighted by atomic mass is 10.2. The van der Waals surface area contributed by atoms with Gasteiger partial charge < -0.3 is 5.01 Å². The van der Waals surface area contributed by atoms with Gasteiger partial charge in [0.05, 0.1) is 12.2 Å². The van der Waals surface area contributed by atoms with Gasteiger partial charge in [-0.1, -0.05) is 41.4 Å². The van der Waals surface area contributed by atoms with Gasteiger partial charge in [-0.2, -0.15) is 0 Å². The summed E-state index contributed by atoms with van der Waals surface area (Å²) in [5.41, 5.74) is 3.37. The number of nitrogens with two attached hydrogens (primary N) is 1. The Morgan fingerprint density at radius 1 is 1.00 bits per heavy atom. The van der Waals surface area contributed by atoms with Gasteiger partial charge in [-0.15, -0.1) is 0 Å². The molecule has 0 unspecified atom stereocenters. The number of hydrogen-bond acceptors (Lipinski definition) is 2. The molecule has 0 fully saturated rings. The van der Waals surface area contributed by atoms with Crippen LogP contribution in [-0.4, -0.2) is 0 Å². The average molecular weight is 247 g/mol. The van der Waals surface area contributed by atoms with Gasteiger partial charge >= 0.3 is 0 Å². The maximum Gasteiger partial charge on any atom is 0.0592 e. The SMILES string of the molecule is Cc1ccc(N(N)Cc2ccc(Cl)cc2)cc1. The molecular formula is C14H15ClN2. The van der Waals surface area contributed by atoms with Crippen LogP contribution in [0.2, 0.25) is 5.02 Å². The van der Waals surface area contributed by atoms with E-state index in [1.807, 2.05) is 36.4 Å². The van der Waals surface area contributed by atoms with Crippen molar-refractivity contribution < 1.29 is 0 Å². The first-order valence-electron chi connectivity index (χ1n) is 5.48. The van der Waals surface area contributed by atoms with Crippen LogP contribution in [-0.2, 0) is 6.54 Å². The number of anilines is 1. The van der Waals surface area contributed by atoms with Crippen molar-refractivity contribution in [2.75, 3.05) is 5.01 Å². The van der Waals surface area contributed by atoms with E-state index in [0.29, 0.717) is 6.54 Å². The molecule has 0 heterocycles. The summed E-state index contributed by atoms with van der Waals surface area (Å²) in [6.45, 7) is 2.73. The number of hydrogen-bond donors (Lipinski definition) is 1. The van der Waals surface area contributed by atoms with Gasteiger partial charge in [0.15, 0.2) is 0 Å². The second-order valence-corrected chi connectivity index (χ2v) is 4.53. The number of benzene rings is 2. The molecular weight excluding hydrogens is 232 g/mol. The van der Waals surface area contributed by atoms with Gasteiger partial charge in [0, 0.05) is 5.02 Å². The van der Waals surface area contributed by atoms with Crippen LogP contribution in [0.4, 0.5) is 5.69 Å². The molecule has 0 atom stereocenters. The lowest BCUT2D eigenvalue weighted by Crippen LogP contribution is -2.29. The average Bonchev–Trinajstić information content (AvgIpc) is 2.33. The number of hydrazine groups is 1. The number of nitrogens with zero attached hydrogens (tertiary/aromatic N) is 1. The van der Waals surface area contributed by atoms with Crippen LogP contribution < -0.4 is 10.9 Å². The molecule has 0 aromatic heterocycles. The van der Waals surface area contributed by atoms with E-state index in [-0.39, 0.29) is 0 Å². The molecule has 2 rings (SSSR count). The molecule has 2 N–H and O–H groups in total. The van der Waals surface area contributed by atoms with E-state index >= 15 is 0 Å². The number of aryl methyl sites for hydroxylation is 1. The predicted octanol–water partition coefficient (Wildman–Crippen LogP) is 3.53. The Bertz CT molecular complexity index is 477. The first-order chi connectivity index (χ1) is 8.15. The molecule has 0 amide bonds. The summed E-state index contributed by atoms with van der Waals surface area (Å²) in [6.07, 6.45) is 0. The van der Waals surface area contributed by atoms with Gasteiger partial charge in [-0.05, 0) is 36.8 Å². The normalized spacial score (nSPS) is 10.3. The summed E-state index contributed by atoms with van der Waals surface area (Å²) < 4.78 is 0. The molecule has 88 valence electrons. The Labute approximate surface area is 107 Å². The second kappa shape index (κ2) is 5.21. The van der Waals surface area contributed by atoms with Crippen LogP contribution in [0.3, 0.4) is 0 Å². The highest BCUT2D eigenvalue weighted by Gasteiger charge is 2.02. The Morgan fingerprint density at radius 3 is 2.18 bits per heavy atom. The van der Waals surface area contributed by atoms with Gasteiger partial charge in [-0.3, -0.25) is 0 Å². The van der Waals surface area contributed by atoms with Gasteiger partial charge in [0.1, 0.15) is 0 Å². The van der Waals surface area contributed by atoms with Crippen molar-refractivity contribution >= 4 is 17.3 Å². The third-order valence-electron chi connectivity index (χ3n) is 2.63. The molecule has 0 spiro atoms. The van der Waals surface area contributed by atoms with Crippen LogP contribution in [0.25, 0.3) is 0 Å². The molecule has 0 saturated carbocycles. The molecule has 0 aliphatic carbocycles. The van der Waals surface area contributed by atoms with Crippen molar-refractivity contribution in [1.29, 1.82) is 0 Å². The predicted molar refractivity (Wildman–Crippen MR) is 73.0 cm³/mol. The van der Waals surface area contributed by atoms with E-state index < -0.39 is 0 Å². The fraction of sp³-hybridized carbons (Fsp3) is 0.143. The summed E-state index contributed by atoms with van der Waals surface area (Å²) in [7, 11) is 0. The zero-order valence-electron chi connectivity index (χ0n) is 9.73. The Kier molecular flexibility index (Phi) is 3.67. The van der Waals surface area contributed by atoms with Gasteiger partial charge in [0.25, 0.3) is 0 Å². The third-order valence-corrected chi connectivity index (χ3v) is 2.88. The molecule has 2 aromatic rings. The van der Waals surface area contributed by atoms with Crippen molar-refractivity contribution in [3.05, 3.63) is 64.7 Å². The first-order valence-corrected chi connectivity index (χ1v) is 5.86. The highest BCUT2D eigenvalue weighted by Crippen LogP contribution is 2.16. The van der Waals surface area contributed by atoms with E-state index in [2.05, 4.69) is 19.1 Å². The Balaban J connectivity index is 2.08. The quantitative estimate of drug-likeness (QED) is 0.663. The maximum atomic E-state index is 6.02. The van der Waals surface area contributed by atoms with Crippen LogP contribution in [0, 0.1) is 6.92 Å². The summed E-state index contributed by atoms with van der Waals surface area (Å²) in [4.78, 5) is 0. The molecule has 0 saturated heterocycles. The molecule has 0 aliphatic heterocycles. The van der Waals surface area contributed by atoms with E-state index in [1.54, 1.807) is 5.01 Å². The molecule has 0 radical (unpaired) electrons. The molecule has 2 nitrogen and oxygen atoms in total. The zero-order valence-corrected chi connectivity index (χ0v) is 10.5. The minimum Gasteiger partial charge on any atom is -0.307 e. The molecule has 2 aromatic carbocycles. The monoisotopic (exact) mass is 246 g/mol. The fourth-order valence-corrected chi connectivity index (χ4v) is 1.74. The van der Waals surface area contributed by atoms with Crippen LogP contribution in [0.15, 0.2) is 48.5 Å². The lowest BCUT2D eigenvalue weighted by Gasteiger charge is -2.19. The topological polar surface area (TPSA) is 29.3 Å². The van der Waals surface area contributed by atoms with E-state index in [0.717, 1.165) is 16.3 Å². The Hall–Kier alpha value is -1.51. The zero-order chi connectivity index (χ0) is 12.3. The van der Waals surface area contributed by atoms with Gasteiger partial charge in [0.2, 0.25) is 0 Å². The first kappa shape index (κ1) is 12.0. The second-order valence-electron chi connectivity index (χ2n) is 4.09. The minimum absolute atomic E-state index is 0.667. The van der Waals surface area contributed by atoms with E-state index in [4.69, 9.17) is 17.4 Å². The van der Waals surface area contributed by atoms with E-state index in [1.165, 1.54) is 5.56 Å². The number of rotatable bonds is 3. The third kappa shape index (κ3) is 3.22. The smallest absolute Gasteiger partial charge is 0.0592 e. The van der Waals surface area contributed by atoms with Crippen molar-refractivity contribution in [1.82, 2.24) is 0 Å². The van der Waals surface area contributed by atoms with Crippen LogP contribution in [0.1, 0.15) is 11.1 Å². The van der Waals surface area contributed by atoms with Crippen molar-refractivity contribution in [2.24, 2.45) is 5.84 Å². The van der Waals surface area contributed by atoms with E-state index in [9.17, 15) is 0 Å². The highest BCUT2D eigenvalue weighted by atomic mass is 35.5. The van der Waals surface area contributed by atoms with Crippen LogP contribution in [0.5, 0.6) is 0 Å². The molecule has 3 heteroatoms. The summed E-state index contributed by atoms with van der Waals surface area (Å²) in [5, 5.41) is 2.47. The number of halogens is 1. The van der Waals surface area contributed by atoms with Gasteiger partial charge in [-0.25, -0.2) is 5.84 Å². The molecule has 17 heavy (non-hydrogen) atoms. The van der Waals surface area contributed by atoms with Crippen LogP contribution >= 0.6 is 11.6 Å². The minimum atomic E-state index is 0.667. The van der Waals surface area contributed by atoms with Crippen molar-refractivity contribution in [3.63, 3.8) is 0 Å². The summed E-state index contributed by atoms with van der Waals surface area (Å²) >= 11 is 5.84. The lowest BCUT2D eigenvalue weighted by molar-refractivity contribution is 0.853. The summed E-state index contributed by atoms with van der Waals surface area (Å²) in [5.74, 6) is 6.02. The fourth-order valence-electron chi connectivity index (χ4n) is 1.61. The largest absolute Gasteiger partial charge is 0.307 e. The standard InChI is InChI=1S/C14H15ClN2/c1-11-2-8-14(9-3-11)17(16)10-12-4-6-13(15)7-5-12/h2-9H,10,16H2,1H3. The molecule has 0 aliphatic rings. The van der Waals surface area contributed by atoms with Crippen molar-refractivity contribution in [2.45, 2.75) is 13.5 Å². The Morgan fingerprint density at radius 2 is 1.59 bits per heavy atom. The summed E-state index contributed by atoms with van der Waals surface area (Å²) in [6, 6.07) is 15.9. The maximum absolute atomic E-state index is 6.02.